The van der Waals surface area contributed by atoms with Gasteiger partial charge in [-0.25, -0.2) is 4.79 Å². The fourth-order valence-electron chi connectivity index (χ4n) is 4.27. The van der Waals surface area contributed by atoms with Crippen LogP contribution < -0.4 is 4.90 Å². The van der Waals surface area contributed by atoms with Crippen molar-refractivity contribution in [2.75, 3.05) is 18.0 Å². The van der Waals surface area contributed by atoms with Crippen molar-refractivity contribution in [3.63, 3.8) is 0 Å². The lowest BCUT2D eigenvalue weighted by Gasteiger charge is -2.33. The lowest BCUT2D eigenvalue weighted by atomic mass is 10.1. The van der Waals surface area contributed by atoms with Crippen molar-refractivity contribution >= 4 is 11.7 Å². The van der Waals surface area contributed by atoms with Gasteiger partial charge in [0, 0.05) is 36.7 Å². The van der Waals surface area contributed by atoms with Gasteiger partial charge < -0.3 is 9.32 Å². The second kappa shape index (κ2) is 10.6. The maximum atomic E-state index is 13.6. The summed E-state index contributed by atoms with van der Waals surface area (Å²) >= 11 is 0. The smallest absolute Gasteiger partial charge is 0.324 e. The predicted octanol–water partition coefficient (Wildman–Crippen LogP) is 6.35. The number of carbonyl (C=O) groups excluding carboxylic acids is 1. The van der Waals surface area contributed by atoms with Gasteiger partial charge in [0.05, 0.1) is 6.54 Å². The highest BCUT2D eigenvalue weighted by Crippen LogP contribution is 2.27. The number of urea groups is 1. The van der Waals surface area contributed by atoms with E-state index in [0.717, 1.165) is 54.7 Å². The molecule has 2 aromatic carbocycles. The van der Waals surface area contributed by atoms with Crippen LogP contribution in [0, 0.1) is 0 Å². The number of hydrogen-bond donors (Lipinski definition) is 0. The van der Waals surface area contributed by atoms with Gasteiger partial charge in [0.1, 0.15) is 0 Å². The Morgan fingerprint density at radius 2 is 1.64 bits per heavy atom. The van der Waals surface area contributed by atoms with E-state index in [9.17, 15) is 13.6 Å². The molecule has 5 rings (SSSR count). The topological polar surface area (TPSA) is 75.4 Å². The van der Waals surface area contributed by atoms with Crippen LogP contribution >= 0.6 is 0 Å². The van der Waals surface area contributed by atoms with Crippen LogP contribution in [0.1, 0.15) is 37.1 Å². The Morgan fingerprint density at radius 1 is 0.917 bits per heavy atom. The molecule has 0 saturated carbocycles. The van der Waals surface area contributed by atoms with Crippen LogP contribution in [0.25, 0.3) is 22.6 Å². The zero-order valence-electron chi connectivity index (χ0n) is 19.6. The Kier molecular flexibility index (Phi) is 6.97. The summed E-state index contributed by atoms with van der Waals surface area (Å²) in [6, 6.07) is 18.8. The maximum Gasteiger partial charge on any atom is 0.324 e. The lowest BCUT2D eigenvalue weighted by molar-refractivity contribution is 0.116. The molecule has 1 aliphatic heterocycles. The number of piperidine rings is 1. The summed E-state index contributed by atoms with van der Waals surface area (Å²) in [6.07, 6.45) is 3.86. The fraction of sp³-hybridized carbons (Fsp3) is 0.259. The predicted molar refractivity (Wildman–Crippen MR) is 131 cm³/mol. The molecule has 2 amide bonds. The van der Waals surface area contributed by atoms with Gasteiger partial charge in [0.15, 0.2) is 0 Å². The van der Waals surface area contributed by atoms with E-state index in [-0.39, 0.29) is 11.9 Å². The van der Waals surface area contributed by atoms with Crippen LogP contribution in [0.4, 0.5) is 19.3 Å². The average Bonchev–Trinajstić information content (AvgIpc) is 3.44. The number of anilines is 1. The molecule has 0 unspecified atom stereocenters. The van der Waals surface area contributed by atoms with Crippen molar-refractivity contribution in [3.8, 4) is 22.6 Å². The number of amides is 2. The Labute approximate surface area is 207 Å². The largest absolute Gasteiger partial charge is 0.415 e. The van der Waals surface area contributed by atoms with E-state index in [0.29, 0.717) is 12.1 Å². The van der Waals surface area contributed by atoms with Crippen LogP contribution in [0.3, 0.4) is 0 Å². The molecule has 0 bridgehead atoms. The first-order valence-corrected chi connectivity index (χ1v) is 11.9. The first-order chi connectivity index (χ1) is 17.6. The summed E-state index contributed by atoms with van der Waals surface area (Å²) in [5, 5.41) is 7.07. The molecule has 2 aromatic heterocycles. The molecular weight excluding hydrogens is 464 g/mol. The Morgan fingerprint density at radius 3 is 2.28 bits per heavy atom. The Bertz CT molecular complexity index is 1290. The quantitative estimate of drug-likeness (QED) is 0.316. The summed E-state index contributed by atoms with van der Waals surface area (Å²) in [5.41, 5.74) is 4.23. The van der Waals surface area contributed by atoms with E-state index in [1.165, 1.54) is 0 Å². The van der Waals surface area contributed by atoms with Gasteiger partial charge in [-0.05, 0) is 66.3 Å². The van der Waals surface area contributed by atoms with E-state index >= 15 is 0 Å². The number of nitrogens with zero attached hydrogens (tertiary/aromatic N) is 5. The standard InChI is InChI=1S/C27H25F2N5O2/c28-24(29)26-32-31-25(36-26)21-8-6-19(7-9-21)18-34(27(35)33-15-2-1-3-16-33)23-12-10-20(11-13-23)22-5-4-14-30-17-22/h4-14,17,24H,1-3,15-16,18H2. The van der Waals surface area contributed by atoms with Crippen molar-refractivity contribution in [3.05, 3.63) is 84.5 Å². The molecule has 7 nitrogen and oxygen atoms in total. The molecule has 1 saturated heterocycles. The molecule has 0 N–H and O–H groups in total. The summed E-state index contributed by atoms with van der Waals surface area (Å²) in [7, 11) is 0. The van der Waals surface area contributed by atoms with Gasteiger partial charge in [-0.15, -0.1) is 10.2 Å². The third kappa shape index (κ3) is 5.25. The van der Waals surface area contributed by atoms with Crippen molar-refractivity contribution < 1.29 is 18.0 Å². The molecule has 4 aromatic rings. The van der Waals surface area contributed by atoms with Crippen LogP contribution in [-0.2, 0) is 6.54 Å². The summed E-state index contributed by atoms with van der Waals surface area (Å²) < 4.78 is 30.6. The van der Waals surface area contributed by atoms with E-state index in [1.807, 2.05) is 53.4 Å². The molecule has 184 valence electrons. The Balaban J connectivity index is 1.39. The molecular formula is C27H25F2N5O2. The maximum absolute atomic E-state index is 13.6. The minimum absolute atomic E-state index is 0.0316. The van der Waals surface area contributed by atoms with E-state index in [2.05, 4.69) is 15.2 Å². The van der Waals surface area contributed by atoms with Crippen molar-refractivity contribution in [1.82, 2.24) is 20.1 Å². The van der Waals surface area contributed by atoms with Crippen LogP contribution in [0.2, 0.25) is 0 Å². The number of aromatic nitrogens is 3. The molecule has 0 atom stereocenters. The molecule has 36 heavy (non-hydrogen) atoms. The Hall–Kier alpha value is -4.14. The highest BCUT2D eigenvalue weighted by molar-refractivity contribution is 5.92. The highest BCUT2D eigenvalue weighted by Gasteiger charge is 2.24. The van der Waals surface area contributed by atoms with Crippen LogP contribution in [0.15, 0.2) is 77.5 Å². The third-order valence-electron chi connectivity index (χ3n) is 6.20. The minimum atomic E-state index is -2.82. The minimum Gasteiger partial charge on any atom is -0.415 e. The molecule has 0 aliphatic carbocycles. The number of benzene rings is 2. The van der Waals surface area contributed by atoms with Gasteiger partial charge in [-0.3, -0.25) is 9.88 Å². The molecule has 1 fully saturated rings. The normalized spacial score (nSPS) is 13.7. The number of carbonyl (C=O) groups is 1. The zero-order chi connectivity index (χ0) is 24.9. The lowest BCUT2D eigenvalue weighted by Crippen LogP contribution is -2.45. The fourth-order valence-corrected chi connectivity index (χ4v) is 4.27. The van der Waals surface area contributed by atoms with Gasteiger partial charge in [-0.2, -0.15) is 8.78 Å². The number of rotatable bonds is 6. The first-order valence-electron chi connectivity index (χ1n) is 11.9. The number of alkyl halides is 2. The monoisotopic (exact) mass is 489 g/mol. The molecule has 9 heteroatoms. The van der Waals surface area contributed by atoms with Crippen molar-refractivity contribution in [2.45, 2.75) is 32.2 Å². The van der Waals surface area contributed by atoms with E-state index in [4.69, 9.17) is 4.42 Å². The summed E-state index contributed by atoms with van der Waals surface area (Å²) in [4.78, 5) is 21.4. The molecule has 1 aliphatic rings. The summed E-state index contributed by atoms with van der Waals surface area (Å²) in [5.74, 6) is -0.675. The van der Waals surface area contributed by atoms with Crippen LogP contribution in [0.5, 0.6) is 0 Å². The van der Waals surface area contributed by atoms with Gasteiger partial charge in [0.2, 0.25) is 5.89 Å². The third-order valence-corrected chi connectivity index (χ3v) is 6.20. The first kappa shape index (κ1) is 23.6. The number of halogens is 2. The average molecular weight is 490 g/mol. The number of pyridine rings is 1. The second-order valence-electron chi connectivity index (χ2n) is 8.65. The second-order valence-corrected chi connectivity index (χ2v) is 8.65. The van der Waals surface area contributed by atoms with Gasteiger partial charge >= 0.3 is 12.5 Å². The number of likely N-dealkylation sites (tertiary alicyclic amines) is 1. The molecule has 0 spiro atoms. The van der Waals surface area contributed by atoms with Crippen LogP contribution in [-0.4, -0.2) is 39.2 Å². The van der Waals surface area contributed by atoms with E-state index < -0.39 is 12.3 Å². The number of hydrogen-bond acceptors (Lipinski definition) is 5. The van der Waals surface area contributed by atoms with Crippen molar-refractivity contribution in [1.29, 1.82) is 0 Å². The SMILES string of the molecule is O=C(N1CCCCC1)N(Cc1ccc(-c2nnc(C(F)F)o2)cc1)c1ccc(-c2cccnc2)cc1. The molecule has 3 heterocycles. The van der Waals surface area contributed by atoms with E-state index in [1.54, 1.807) is 29.4 Å². The van der Waals surface area contributed by atoms with Crippen molar-refractivity contribution in [2.24, 2.45) is 0 Å². The van der Waals surface area contributed by atoms with Gasteiger partial charge in [0.25, 0.3) is 5.89 Å². The molecule has 0 radical (unpaired) electrons. The zero-order valence-corrected chi connectivity index (χ0v) is 19.6. The highest BCUT2D eigenvalue weighted by atomic mass is 19.3. The van der Waals surface area contributed by atoms with Gasteiger partial charge in [-0.1, -0.05) is 30.3 Å². The summed E-state index contributed by atoms with van der Waals surface area (Å²) in [6.45, 7) is 1.84.